The van der Waals surface area contributed by atoms with Crippen LogP contribution in [0.15, 0.2) is 24.3 Å². The Kier molecular flexibility index (Phi) is 1.84. The molecule has 4 N–H and O–H groups in total. The molecule has 3 heteroatoms. The lowest BCUT2D eigenvalue weighted by atomic mass is 9.87. The molecule has 0 spiro atoms. The highest BCUT2D eigenvalue weighted by molar-refractivity contribution is 5.94. The number of amidine groups is 1. The first-order chi connectivity index (χ1) is 6.90. The van der Waals surface area contributed by atoms with Crippen LogP contribution >= 0.6 is 0 Å². The van der Waals surface area contributed by atoms with Crippen LogP contribution in [0.3, 0.4) is 0 Å². The van der Waals surface area contributed by atoms with Gasteiger partial charge in [-0.2, -0.15) is 0 Å². The van der Waals surface area contributed by atoms with Crippen LogP contribution in [0.25, 0.3) is 0 Å². The molecule has 0 amide bonds. The minimum atomic E-state index is -0.319. The first-order valence-corrected chi connectivity index (χ1v) is 5.04. The zero-order valence-corrected chi connectivity index (χ0v) is 9.04. The summed E-state index contributed by atoms with van der Waals surface area (Å²) in [6, 6.07) is 7.00. The van der Waals surface area contributed by atoms with Crippen LogP contribution in [0.4, 0.5) is 0 Å². The van der Waals surface area contributed by atoms with Gasteiger partial charge >= 0.3 is 0 Å². The Morgan fingerprint density at radius 3 is 2.13 bits per heavy atom. The third kappa shape index (κ3) is 1.23. The van der Waals surface area contributed by atoms with Gasteiger partial charge in [0.2, 0.25) is 0 Å². The van der Waals surface area contributed by atoms with E-state index in [-0.39, 0.29) is 22.4 Å². The SMILES string of the molecule is CC1(C)CC1(C(=N)N)c1ccc(O)cc1. The zero-order valence-electron chi connectivity index (χ0n) is 9.04. The minimum absolute atomic E-state index is 0.0514. The number of rotatable bonds is 2. The van der Waals surface area contributed by atoms with Gasteiger partial charge in [0, 0.05) is 0 Å². The first-order valence-electron chi connectivity index (χ1n) is 5.04. The van der Waals surface area contributed by atoms with Crippen LogP contribution in [-0.4, -0.2) is 10.9 Å². The number of nitrogens with one attached hydrogen (secondary N) is 1. The van der Waals surface area contributed by atoms with Crippen molar-refractivity contribution in [1.29, 1.82) is 5.41 Å². The third-order valence-electron chi connectivity index (χ3n) is 3.56. The lowest BCUT2D eigenvalue weighted by Crippen LogP contribution is -2.32. The smallest absolute Gasteiger partial charge is 0.115 e. The summed E-state index contributed by atoms with van der Waals surface area (Å²) in [4.78, 5) is 0. The quantitative estimate of drug-likeness (QED) is 0.509. The summed E-state index contributed by atoms with van der Waals surface area (Å²) < 4.78 is 0. The Balaban J connectivity index is 2.45. The Morgan fingerprint density at radius 1 is 1.33 bits per heavy atom. The Morgan fingerprint density at radius 2 is 1.80 bits per heavy atom. The molecule has 0 saturated heterocycles. The lowest BCUT2D eigenvalue weighted by Gasteiger charge is -2.19. The van der Waals surface area contributed by atoms with Gasteiger partial charge < -0.3 is 10.8 Å². The van der Waals surface area contributed by atoms with Crippen molar-refractivity contribution < 1.29 is 5.11 Å². The molecule has 2 rings (SSSR count). The third-order valence-corrected chi connectivity index (χ3v) is 3.56. The molecule has 1 fully saturated rings. The van der Waals surface area contributed by atoms with E-state index in [2.05, 4.69) is 13.8 Å². The van der Waals surface area contributed by atoms with Crippen molar-refractivity contribution in [3.8, 4) is 5.75 Å². The van der Waals surface area contributed by atoms with Gasteiger partial charge in [0.05, 0.1) is 5.41 Å². The summed E-state index contributed by atoms with van der Waals surface area (Å²) in [5.41, 5.74) is 6.46. The van der Waals surface area contributed by atoms with Crippen molar-refractivity contribution >= 4 is 5.84 Å². The molecule has 0 bridgehead atoms. The highest BCUT2D eigenvalue weighted by atomic mass is 16.3. The van der Waals surface area contributed by atoms with Crippen molar-refractivity contribution in [1.82, 2.24) is 0 Å². The molecule has 1 aromatic carbocycles. The van der Waals surface area contributed by atoms with E-state index < -0.39 is 0 Å². The summed E-state index contributed by atoms with van der Waals surface area (Å²) in [6.07, 6.45) is 0.903. The molecule has 1 aromatic rings. The maximum Gasteiger partial charge on any atom is 0.115 e. The Hall–Kier alpha value is -1.51. The second kappa shape index (κ2) is 2.75. The molecule has 15 heavy (non-hydrogen) atoms. The average Bonchev–Trinajstić information content (AvgIpc) is 2.72. The van der Waals surface area contributed by atoms with E-state index in [1.165, 1.54) is 0 Å². The predicted molar refractivity (Wildman–Crippen MR) is 60.1 cm³/mol. The van der Waals surface area contributed by atoms with Gasteiger partial charge in [-0.25, -0.2) is 0 Å². The molecule has 3 nitrogen and oxygen atoms in total. The fourth-order valence-electron chi connectivity index (χ4n) is 2.47. The molecule has 0 aliphatic heterocycles. The first kappa shape index (κ1) is 10.0. The molecule has 80 valence electrons. The number of aromatic hydroxyl groups is 1. The normalized spacial score (nSPS) is 27.3. The Bertz CT molecular complexity index is 408. The molecule has 1 aliphatic carbocycles. The van der Waals surface area contributed by atoms with Crippen molar-refractivity contribution in [3.63, 3.8) is 0 Å². The molecular formula is C12H16N2O. The standard InChI is InChI=1S/C12H16N2O/c1-11(2)7-12(11,10(13)14)8-3-5-9(15)6-4-8/h3-6,15H,7H2,1-2H3,(H3,13,14). The second-order valence-electron chi connectivity index (χ2n) is 4.93. The minimum Gasteiger partial charge on any atom is -0.508 e. The fourth-order valence-corrected chi connectivity index (χ4v) is 2.47. The Labute approximate surface area is 89.4 Å². The molecule has 1 saturated carbocycles. The topological polar surface area (TPSA) is 70.1 Å². The van der Waals surface area contributed by atoms with Crippen molar-refractivity contribution in [2.24, 2.45) is 11.1 Å². The number of phenolic OH excluding ortho intramolecular Hbond substituents is 1. The van der Waals surface area contributed by atoms with Gasteiger partial charge in [-0.15, -0.1) is 0 Å². The van der Waals surface area contributed by atoms with Crippen molar-refractivity contribution in [2.45, 2.75) is 25.7 Å². The van der Waals surface area contributed by atoms with E-state index in [0.717, 1.165) is 12.0 Å². The van der Waals surface area contributed by atoms with E-state index in [1.807, 2.05) is 12.1 Å². The van der Waals surface area contributed by atoms with Gasteiger partial charge in [-0.1, -0.05) is 26.0 Å². The number of hydrogen-bond acceptors (Lipinski definition) is 2. The molecule has 1 unspecified atom stereocenters. The molecule has 1 atom stereocenters. The van der Waals surface area contributed by atoms with Gasteiger partial charge in [0.25, 0.3) is 0 Å². The molecule has 1 aliphatic rings. The van der Waals surface area contributed by atoms with Crippen LogP contribution in [0.5, 0.6) is 5.75 Å². The summed E-state index contributed by atoms with van der Waals surface area (Å²) in [6.45, 7) is 4.22. The van der Waals surface area contributed by atoms with Crippen LogP contribution in [0.1, 0.15) is 25.8 Å². The monoisotopic (exact) mass is 204 g/mol. The van der Waals surface area contributed by atoms with Crippen LogP contribution in [0.2, 0.25) is 0 Å². The van der Waals surface area contributed by atoms with E-state index in [4.69, 9.17) is 11.1 Å². The van der Waals surface area contributed by atoms with Crippen LogP contribution in [-0.2, 0) is 5.41 Å². The summed E-state index contributed by atoms with van der Waals surface area (Å²) in [5.74, 6) is 0.467. The van der Waals surface area contributed by atoms with Gasteiger partial charge in [0.15, 0.2) is 0 Å². The highest BCUT2D eigenvalue weighted by Gasteiger charge is 2.64. The second-order valence-corrected chi connectivity index (χ2v) is 4.93. The van der Waals surface area contributed by atoms with E-state index >= 15 is 0 Å². The lowest BCUT2D eigenvalue weighted by molar-refractivity contribution is 0.474. The maximum atomic E-state index is 9.23. The molecule has 0 radical (unpaired) electrons. The number of hydrogen-bond donors (Lipinski definition) is 3. The van der Waals surface area contributed by atoms with E-state index in [1.54, 1.807) is 12.1 Å². The molecule has 0 aromatic heterocycles. The highest BCUT2D eigenvalue weighted by Crippen LogP contribution is 2.64. The van der Waals surface area contributed by atoms with E-state index in [0.29, 0.717) is 0 Å². The van der Waals surface area contributed by atoms with Crippen molar-refractivity contribution in [2.75, 3.05) is 0 Å². The largest absolute Gasteiger partial charge is 0.508 e. The van der Waals surface area contributed by atoms with Crippen molar-refractivity contribution in [3.05, 3.63) is 29.8 Å². The average molecular weight is 204 g/mol. The summed E-state index contributed by atoms with van der Waals surface area (Å²) in [5, 5.41) is 16.9. The number of benzene rings is 1. The van der Waals surface area contributed by atoms with Crippen LogP contribution < -0.4 is 5.73 Å². The summed E-state index contributed by atoms with van der Waals surface area (Å²) >= 11 is 0. The van der Waals surface area contributed by atoms with Gasteiger partial charge in [0.1, 0.15) is 11.6 Å². The number of phenols is 1. The summed E-state index contributed by atoms with van der Waals surface area (Å²) in [7, 11) is 0. The maximum absolute atomic E-state index is 9.23. The molecular weight excluding hydrogens is 188 g/mol. The molecule has 0 heterocycles. The number of nitrogens with two attached hydrogens (primary N) is 1. The fraction of sp³-hybridized carbons (Fsp3) is 0.417. The van der Waals surface area contributed by atoms with Gasteiger partial charge in [-0.05, 0) is 29.5 Å². The predicted octanol–water partition coefficient (Wildman–Crippen LogP) is 2.00. The van der Waals surface area contributed by atoms with E-state index in [9.17, 15) is 5.11 Å². The zero-order chi connectivity index (χ0) is 11.3. The van der Waals surface area contributed by atoms with Crippen LogP contribution in [0, 0.1) is 10.8 Å². The van der Waals surface area contributed by atoms with Gasteiger partial charge in [-0.3, -0.25) is 5.41 Å².